The van der Waals surface area contributed by atoms with Crippen LogP contribution >= 0.6 is 0 Å². The molecule has 0 bridgehead atoms. The lowest BCUT2D eigenvalue weighted by Gasteiger charge is -2.07. The Morgan fingerprint density at radius 2 is 2.10 bits per heavy atom. The maximum atomic E-state index is 11.6. The van der Waals surface area contributed by atoms with E-state index in [4.69, 9.17) is 0 Å². The third-order valence-electron chi connectivity index (χ3n) is 2.41. The van der Waals surface area contributed by atoms with Crippen molar-refractivity contribution < 1.29 is 4.79 Å². The molecule has 0 atom stereocenters. The van der Waals surface area contributed by atoms with Gasteiger partial charge in [0.15, 0.2) is 0 Å². The van der Waals surface area contributed by atoms with E-state index in [1.54, 1.807) is 6.08 Å². The molecule has 20 heavy (non-hydrogen) atoms. The topological polar surface area (TPSA) is 71.8 Å². The zero-order valence-electron chi connectivity index (χ0n) is 10.9. The number of hydrogen-bond donors (Lipinski definition) is 2. The summed E-state index contributed by atoms with van der Waals surface area (Å²) in [6.45, 7) is 3.89. The van der Waals surface area contributed by atoms with Gasteiger partial charge in [-0.05, 0) is 11.6 Å². The minimum atomic E-state index is -0.232. The summed E-state index contributed by atoms with van der Waals surface area (Å²) in [5, 5.41) is 3.84. The summed E-state index contributed by atoms with van der Waals surface area (Å²) in [7, 11) is 0. The van der Waals surface area contributed by atoms with Crippen LogP contribution in [0.2, 0.25) is 0 Å². The van der Waals surface area contributed by atoms with Crippen LogP contribution in [-0.2, 0) is 11.3 Å². The molecule has 0 saturated carbocycles. The predicted octanol–water partition coefficient (Wildman–Crippen LogP) is 1.13. The van der Waals surface area contributed by atoms with E-state index in [1.807, 2.05) is 36.4 Å². The second-order valence-electron chi connectivity index (χ2n) is 4.04. The lowest BCUT2D eigenvalue weighted by Crippen LogP contribution is -2.38. The van der Waals surface area contributed by atoms with Gasteiger partial charge in [-0.15, -0.1) is 0 Å². The predicted molar refractivity (Wildman–Crippen MR) is 75.9 cm³/mol. The van der Waals surface area contributed by atoms with Crippen LogP contribution in [0.3, 0.4) is 0 Å². The number of carbonyl (C=O) groups excluding carboxylic acids is 1. The highest BCUT2D eigenvalue weighted by Crippen LogP contribution is 2.02. The van der Waals surface area contributed by atoms with Gasteiger partial charge in [0.25, 0.3) is 5.91 Å². The number of allylic oxidation sites excluding steroid dienone is 1. The zero-order valence-corrected chi connectivity index (χ0v) is 10.9. The maximum Gasteiger partial charge on any atom is 0.260 e. The first-order valence-corrected chi connectivity index (χ1v) is 6.03. The number of amides is 1. The zero-order chi connectivity index (χ0) is 14.2. The van der Waals surface area contributed by atoms with Gasteiger partial charge in [-0.25, -0.2) is 9.67 Å². The van der Waals surface area contributed by atoms with Crippen molar-refractivity contribution >= 4 is 12.0 Å². The van der Waals surface area contributed by atoms with Gasteiger partial charge in [0.05, 0.1) is 0 Å². The number of nitrogens with zero attached hydrogens (tertiary/aromatic N) is 3. The Balaban J connectivity index is 1.75. The number of rotatable bonds is 6. The SMILES string of the molecule is C=C(C=Cc1ccccc1)NNC(=O)Cn1cncn1. The molecule has 0 aliphatic carbocycles. The van der Waals surface area contributed by atoms with Gasteiger partial charge in [0.2, 0.25) is 0 Å². The average molecular weight is 269 g/mol. The lowest BCUT2D eigenvalue weighted by atomic mass is 10.2. The minimum Gasteiger partial charge on any atom is -0.299 e. The van der Waals surface area contributed by atoms with E-state index in [1.165, 1.54) is 17.3 Å². The van der Waals surface area contributed by atoms with Gasteiger partial charge in [0, 0.05) is 5.70 Å². The fourth-order valence-electron chi connectivity index (χ4n) is 1.45. The summed E-state index contributed by atoms with van der Waals surface area (Å²) in [5.41, 5.74) is 6.90. The number of hydrazine groups is 1. The molecule has 0 aliphatic rings. The number of nitrogens with one attached hydrogen (secondary N) is 2. The molecule has 0 radical (unpaired) electrons. The molecule has 2 N–H and O–H groups in total. The van der Waals surface area contributed by atoms with Crippen molar-refractivity contribution in [3.63, 3.8) is 0 Å². The van der Waals surface area contributed by atoms with Crippen LogP contribution in [-0.4, -0.2) is 20.7 Å². The van der Waals surface area contributed by atoms with Crippen molar-refractivity contribution in [2.75, 3.05) is 0 Å². The molecule has 0 unspecified atom stereocenters. The number of benzene rings is 1. The van der Waals surface area contributed by atoms with Crippen molar-refractivity contribution in [3.05, 3.63) is 66.9 Å². The highest BCUT2D eigenvalue weighted by Gasteiger charge is 2.01. The van der Waals surface area contributed by atoms with Crippen molar-refractivity contribution in [1.29, 1.82) is 0 Å². The van der Waals surface area contributed by atoms with Gasteiger partial charge in [-0.1, -0.05) is 43.0 Å². The molecule has 1 aromatic carbocycles. The first-order valence-electron chi connectivity index (χ1n) is 6.03. The number of hydrogen-bond acceptors (Lipinski definition) is 4. The maximum absolute atomic E-state index is 11.6. The van der Waals surface area contributed by atoms with Gasteiger partial charge in [-0.2, -0.15) is 5.10 Å². The summed E-state index contributed by atoms with van der Waals surface area (Å²) in [6, 6.07) is 9.82. The van der Waals surface area contributed by atoms with E-state index < -0.39 is 0 Å². The molecule has 0 fully saturated rings. The molecule has 2 rings (SSSR count). The normalized spacial score (nSPS) is 10.4. The van der Waals surface area contributed by atoms with E-state index >= 15 is 0 Å². The van der Waals surface area contributed by atoms with Crippen LogP contribution in [0.5, 0.6) is 0 Å². The van der Waals surface area contributed by atoms with Crippen molar-refractivity contribution in [2.45, 2.75) is 6.54 Å². The Morgan fingerprint density at radius 1 is 1.30 bits per heavy atom. The fourth-order valence-corrected chi connectivity index (χ4v) is 1.45. The van der Waals surface area contributed by atoms with E-state index in [2.05, 4.69) is 27.5 Å². The highest BCUT2D eigenvalue weighted by molar-refractivity contribution is 5.75. The fraction of sp³-hybridized carbons (Fsp3) is 0.0714. The molecule has 0 saturated heterocycles. The molecular formula is C14H15N5O. The van der Waals surface area contributed by atoms with Crippen molar-refractivity contribution in [2.24, 2.45) is 0 Å². The highest BCUT2D eigenvalue weighted by atomic mass is 16.2. The molecule has 102 valence electrons. The van der Waals surface area contributed by atoms with Crippen LogP contribution in [0.4, 0.5) is 0 Å². The minimum absolute atomic E-state index is 0.0999. The quantitative estimate of drug-likeness (QED) is 0.609. The standard InChI is InChI=1S/C14H15N5O/c1-12(7-8-13-5-3-2-4-6-13)17-18-14(20)9-19-11-15-10-16-19/h2-8,10-11,17H,1,9H2,(H,18,20). The van der Waals surface area contributed by atoms with E-state index in [0.717, 1.165) is 5.56 Å². The van der Waals surface area contributed by atoms with Gasteiger partial charge in [0.1, 0.15) is 19.2 Å². The third kappa shape index (κ3) is 4.41. The second-order valence-corrected chi connectivity index (χ2v) is 4.04. The molecule has 0 spiro atoms. The number of carbonyl (C=O) groups is 1. The summed E-state index contributed by atoms with van der Waals surface area (Å²) in [5.74, 6) is -0.232. The second kappa shape index (κ2) is 6.89. The Bertz CT molecular complexity index is 589. The van der Waals surface area contributed by atoms with Gasteiger partial charge >= 0.3 is 0 Å². The average Bonchev–Trinajstić information content (AvgIpc) is 2.97. The van der Waals surface area contributed by atoms with Crippen LogP contribution in [0.25, 0.3) is 6.08 Å². The van der Waals surface area contributed by atoms with Gasteiger partial charge < -0.3 is 0 Å². The first kappa shape index (κ1) is 13.5. The van der Waals surface area contributed by atoms with Gasteiger partial charge in [-0.3, -0.25) is 15.6 Å². The van der Waals surface area contributed by atoms with E-state index in [9.17, 15) is 4.79 Å². The van der Waals surface area contributed by atoms with Crippen LogP contribution < -0.4 is 10.9 Å². The Kier molecular flexibility index (Phi) is 4.66. The molecule has 6 nitrogen and oxygen atoms in total. The number of aromatic nitrogens is 3. The largest absolute Gasteiger partial charge is 0.299 e. The summed E-state index contributed by atoms with van der Waals surface area (Å²) < 4.78 is 1.43. The third-order valence-corrected chi connectivity index (χ3v) is 2.41. The monoisotopic (exact) mass is 269 g/mol. The smallest absolute Gasteiger partial charge is 0.260 e. The molecule has 1 aromatic heterocycles. The molecule has 0 aliphatic heterocycles. The van der Waals surface area contributed by atoms with Crippen LogP contribution in [0.15, 0.2) is 61.3 Å². The Labute approximate surface area is 116 Å². The lowest BCUT2D eigenvalue weighted by molar-refractivity contribution is -0.122. The molecule has 1 amide bonds. The first-order chi connectivity index (χ1) is 9.74. The van der Waals surface area contributed by atoms with Crippen LogP contribution in [0, 0.1) is 0 Å². The molecule has 1 heterocycles. The summed E-state index contributed by atoms with van der Waals surface area (Å²) >= 11 is 0. The Morgan fingerprint density at radius 3 is 2.80 bits per heavy atom. The van der Waals surface area contributed by atoms with Crippen molar-refractivity contribution in [3.8, 4) is 0 Å². The summed E-state index contributed by atoms with van der Waals surface area (Å²) in [4.78, 5) is 15.3. The van der Waals surface area contributed by atoms with Crippen molar-refractivity contribution in [1.82, 2.24) is 25.6 Å². The van der Waals surface area contributed by atoms with E-state index in [0.29, 0.717) is 5.70 Å². The molecular weight excluding hydrogens is 254 g/mol. The molecule has 2 aromatic rings. The Hall–Kier alpha value is -2.89. The summed E-state index contributed by atoms with van der Waals surface area (Å²) in [6.07, 6.45) is 6.54. The molecule has 6 heteroatoms. The van der Waals surface area contributed by atoms with Crippen LogP contribution in [0.1, 0.15) is 5.56 Å². The van der Waals surface area contributed by atoms with E-state index in [-0.39, 0.29) is 12.5 Å².